The van der Waals surface area contributed by atoms with Crippen LogP contribution < -0.4 is 0 Å². The molecule has 3 heteroatoms. The van der Waals surface area contributed by atoms with E-state index in [9.17, 15) is 4.39 Å². The van der Waals surface area contributed by atoms with Crippen molar-refractivity contribution in [1.82, 2.24) is 4.98 Å². The minimum absolute atomic E-state index is 0.247. The molecule has 0 aliphatic rings. The van der Waals surface area contributed by atoms with Crippen LogP contribution in [0.2, 0.25) is 0 Å². The molecule has 0 fully saturated rings. The molecule has 2 aromatic rings. The SMILES string of the molecule is Cc1ccnc2cc(Br)c(F)cc12. The molecule has 0 saturated carbocycles. The summed E-state index contributed by atoms with van der Waals surface area (Å²) in [6.45, 7) is 1.94. The van der Waals surface area contributed by atoms with Gasteiger partial charge in [0.1, 0.15) is 5.82 Å². The predicted molar refractivity (Wildman–Crippen MR) is 54.1 cm³/mol. The Hall–Kier alpha value is -0.960. The molecule has 0 unspecified atom stereocenters. The van der Waals surface area contributed by atoms with Gasteiger partial charge in [-0.2, -0.15) is 0 Å². The first-order valence-corrected chi connectivity index (χ1v) is 4.68. The summed E-state index contributed by atoms with van der Waals surface area (Å²) in [5.74, 6) is -0.247. The first kappa shape index (κ1) is 8.63. The standard InChI is InChI=1S/C10H7BrFN/c1-6-2-3-13-10-5-8(11)9(12)4-7(6)10/h2-5H,1H3. The third kappa shape index (κ3) is 1.44. The number of aromatic nitrogens is 1. The van der Waals surface area contributed by atoms with E-state index >= 15 is 0 Å². The molecule has 2 rings (SSSR count). The van der Waals surface area contributed by atoms with Gasteiger partial charge in [-0.05, 0) is 46.6 Å². The topological polar surface area (TPSA) is 12.9 Å². The summed E-state index contributed by atoms with van der Waals surface area (Å²) in [5.41, 5.74) is 1.85. The molecule has 0 radical (unpaired) electrons. The third-order valence-electron chi connectivity index (χ3n) is 2.00. The van der Waals surface area contributed by atoms with Gasteiger partial charge in [-0.3, -0.25) is 4.98 Å². The normalized spacial score (nSPS) is 10.7. The average molecular weight is 240 g/mol. The molecular weight excluding hydrogens is 233 g/mol. The second-order valence-corrected chi connectivity index (χ2v) is 3.77. The molecule has 0 N–H and O–H groups in total. The average Bonchev–Trinajstić information content (AvgIpc) is 2.09. The largest absolute Gasteiger partial charge is 0.256 e. The van der Waals surface area contributed by atoms with Crippen molar-refractivity contribution in [2.24, 2.45) is 0 Å². The van der Waals surface area contributed by atoms with Gasteiger partial charge in [-0.15, -0.1) is 0 Å². The zero-order valence-electron chi connectivity index (χ0n) is 7.01. The first-order valence-electron chi connectivity index (χ1n) is 3.89. The molecule has 0 aliphatic heterocycles. The Morgan fingerprint density at radius 3 is 2.92 bits per heavy atom. The maximum absolute atomic E-state index is 13.2. The Bertz CT molecular complexity index is 468. The van der Waals surface area contributed by atoms with Gasteiger partial charge in [0.2, 0.25) is 0 Å². The summed E-state index contributed by atoms with van der Waals surface area (Å²) in [6.07, 6.45) is 1.72. The molecule has 66 valence electrons. The lowest BCUT2D eigenvalue weighted by atomic mass is 10.1. The van der Waals surface area contributed by atoms with E-state index < -0.39 is 0 Å². The lowest BCUT2D eigenvalue weighted by Gasteiger charge is -2.01. The molecule has 1 heterocycles. The number of hydrogen-bond acceptors (Lipinski definition) is 1. The molecule has 1 nitrogen and oxygen atoms in total. The molecule has 0 amide bonds. The number of nitrogens with zero attached hydrogens (tertiary/aromatic N) is 1. The van der Waals surface area contributed by atoms with Crippen molar-refractivity contribution in [1.29, 1.82) is 0 Å². The molecule has 0 bridgehead atoms. The fourth-order valence-corrected chi connectivity index (χ4v) is 1.61. The summed E-state index contributed by atoms with van der Waals surface area (Å²) in [5, 5.41) is 0.864. The van der Waals surface area contributed by atoms with Crippen molar-refractivity contribution in [3.05, 3.63) is 40.2 Å². The Morgan fingerprint density at radius 1 is 1.38 bits per heavy atom. The number of hydrogen-bond donors (Lipinski definition) is 0. The van der Waals surface area contributed by atoms with E-state index in [1.54, 1.807) is 12.3 Å². The zero-order valence-corrected chi connectivity index (χ0v) is 8.60. The van der Waals surface area contributed by atoms with Gasteiger partial charge in [0.25, 0.3) is 0 Å². The zero-order chi connectivity index (χ0) is 9.42. The van der Waals surface area contributed by atoms with Crippen molar-refractivity contribution >= 4 is 26.8 Å². The van der Waals surface area contributed by atoms with Gasteiger partial charge >= 0.3 is 0 Å². The Labute approximate surface area is 83.7 Å². The predicted octanol–water partition coefficient (Wildman–Crippen LogP) is 3.44. The van der Waals surface area contributed by atoms with Crippen LogP contribution in [0.25, 0.3) is 10.9 Å². The van der Waals surface area contributed by atoms with Crippen molar-refractivity contribution in [2.45, 2.75) is 6.92 Å². The van der Waals surface area contributed by atoms with E-state index in [1.165, 1.54) is 6.07 Å². The fraction of sp³-hybridized carbons (Fsp3) is 0.100. The van der Waals surface area contributed by atoms with Crippen molar-refractivity contribution in [2.75, 3.05) is 0 Å². The second-order valence-electron chi connectivity index (χ2n) is 2.91. The molecule has 0 atom stereocenters. The monoisotopic (exact) mass is 239 g/mol. The Morgan fingerprint density at radius 2 is 2.15 bits per heavy atom. The Balaban J connectivity index is 2.89. The lowest BCUT2D eigenvalue weighted by molar-refractivity contribution is 0.623. The highest BCUT2D eigenvalue weighted by Crippen LogP contribution is 2.23. The highest BCUT2D eigenvalue weighted by Gasteiger charge is 2.03. The quantitative estimate of drug-likeness (QED) is 0.687. The van der Waals surface area contributed by atoms with Crippen molar-refractivity contribution < 1.29 is 4.39 Å². The van der Waals surface area contributed by atoms with Gasteiger partial charge in [-0.1, -0.05) is 0 Å². The summed E-state index contributed by atoms with van der Waals surface area (Å²) < 4.78 is 13.6. The number of pyridine rings is 1. The van der Waals surface area contributed by atoms with Crippen LogP contribution in [0.15, 0.2) is 28.9 Å². The van der Waals surface area contributed by atoms with Crippen LogP contribution in [0.5, 0.6) is 0 Å². The van der Waals surface area contributed by atoms with Gasteiger partial charge in [-0.25, -0.2) is 4.39 Å². The highest BCUT2D eigenvalue weighted by molar-refractivity contribution is 9.10. The molecule has 1 aromatic carbocycles. The highest BCUT2D eigenvalue weighted by atomic mass is 79.9. The number of benzene rings is 1. The number of halogens is 2. The van der Waals surface area contributed by atoms with Crippen LogP contribution in [0.3, 0.4) is 0 Å². The van der Waals surface area contributed by atoms with Crippen LogP contribution >= 0.6 is 15.9 Å². The summed E-state index contributed by atoms with van der Waals surface area (Å²) in [6, 6.07) is 5.06. The van der Waals surface area contributed by atoms with Gasteiger partial charge in [0.15, 0.2) is 0 Å². The van der Waals surface area contributed by atoms with E-state index in [4.69, 9.17) is 0 Å². The van der Waals surface area contributed by atoms with Gasteiger partial charge in [0, 0.05) is 11.6 Å². The summed E-state index contributed by atoms with van der Waals surface area (Å²) >= 11 is 3.13. The Kier molecular flexibility index (Phi) is 2.04. The minimum Gasteiger partial charge on any atom is -0.256 e. The van der Waals surface area contributed by atoms with Crippen LogP contribution in [0, 0.1) is 12.7 Å². The molecule has 0 aliphatic carbocycles. The summed E-state index contributed by atoms with van der Waals surface area (Å²) in [7, 11) is 0. The van der Waals surface area contributed by atoms with Crippen LogP contribution in [0.4, 0.5) is 4.39 Å². The number of aryl methyl sites for hydroxylation is 1. The van der Waals surface area contributed by atoms with Crippen LogP contribution in [-0.4, -0.2) is 4.98 Å². The van der Waals surface area contributed by atoms with Crippen molar-refractivity contribution in [3.8, 4) is 0 Å². The lowest BCUT2D eigenvalue weighted by Crippen LogP contribution is -1.85. The van der Waals surface area contributed by atoms with Crippen LogP contribution in [-0.2, 0) is 0 Å². The van der Waals surface area contributed by atoms with E-state index in [-0.39, 0.29) is 5.82 Å². The smallest absolute Gasteiger partial charge is 0.138 e. The molecule has 13 heavy (non-hydrogen) atoms. The van der Waals surface area contributed by atoms with E-state index in [0.29, 0.717) is 4.47 Å². The number of fused-ring (bicyclic) bond motifs is 1. The van der Waals surface area contributed by atoms with Crippen LogP contribution in [0.1, 0.15) is 5.56 Å². The first-order chi connectivity index (χ1) is 6.18. The molecule has 0 saturated heterocycles. The second kappa shape index (κ2) is 3.07. The van der Waals surface area contributed by atoms with Gasteiger partial charge in [0.05, 0.1) is 9.99 Å². The summed E-state index contributed by atoms with van der Waals surface area (Å²) in [4.78, 5) is 4.15. The van der Waals surface area contributed by atoms with Crippen molar-refractivity contribution in [3.63, 3.8) is 0 Å². The van der Waals surface area contributed by atoms with E-state index in [0.717, 1.165) is 16.5 Å². The molecule has 1 aromatic heterocycles. The maximum atomic E-state index is 13.2. The fourth-order valence-electron chi connectivity index (χ4n) is 1.28. The molecular formula is C10H7BrFN. The molecule has 0 spiro atoms. The number of rotatable bonds is 0. The van der Waals surface area contributed by atoms with E-state index in [2.05, 4.69) is 20.9 Å². The third-order valence-corrected chi connectivity index (χ3v) is 2.61. The van der Waals surface area contributed by atoms with E-state index in [1.807, 2.05) is 13.0 Å². The minimum atomic E-state index is -0.247. The van der Waals surface area contributed by atoms with Gasteiger partial charge < -0.3 is 0 Å². The maximum Gasteiger partial charge on any atom is 0.138 e.